The molecule has 0 fully saturated rings. The van der Waals surface area contributed by atoms with Gasteiger partial charge in [-0.25, -0.2) is 14.6 Å². The largest absolute Gasteiger partial charge is 0.452 e. The maximum absolute atomic E-state index is 12.6. The number of amides is 2. The molecule has 9 heteroatoms. The van der Waals surface area contributed by atoms with Gasteiger partial charge < -0.3 is 19.9 Å². The summed E-state index contributed by atoms with van der Waals surface area (Å²) in [7, 11) is 1.27. The van der Waals surface area contributed by atoms with Crippen LogP contribution in [0.15, 0.2) is 79.0 Å². The maximum Gasteiger partial charge on any atom is 0.421 e. The zero-order chi connectivity index (χ0) is 27.5. The number of hydrazine groups is 1. The Balaban J connectivity index is 1.75. The summed E-state index contributed by atoms with van der Waals surface area (Å²) in [6.07, 6.45) is -0.236. The lowest BCUT2D eigenvalue weighted by molar-refractivity contribution is 0.0282. The van der Waals surface area contributed by atoms with E-state index in [-0.39, 0.29) is 6.54 Å². The molecular weight excluding hydrogens is 484 g/mol. The van der Waals surface area contributed by atoms with Gasteiger partial charge in [-0.15, -0.1) is 0 Å². The van der Waals surface area contributed by atoms with Crippen LogP contribution in [0.25, 0.3) is 11.3 Å². The van der Waals surface area contributed by atoms with E-state index in [1.54, 1.807) is 32.0 Å². The molecule has 9 nitrogen and oxygen atoms in total. The highest BCUT2D eigenvalue weighted by Crippen LogP contribution is 2.18. The highest BCUT2D eigenvalue weighted by molar-refractivity contribution is 5.68. The quantitative estimate of drug-likeness (QED) is 0.341. The number of aromatic nitrogens is 1. The van der Waals surface area contributed by atoms with Crippen LogP contribution >= 0.6 is 0 Å². The third-order valence-corrected chi connectivity index (χ3v) is 5.60. The molecule has 2 aromatic carbocycles. The molecule has 38 heavy (non-hydrogen) atoms. The molecule has 0 saturated heterocycles. The number of ether oxygens (including phenoxy) is 2. The first-order chi connectivity index (χ1) is 18.1. The minimum Gasteiger partial charge on any atom is -0.452 e. The van der Waals surface area contributed by atoms with Crippen molar-refractivity contribution in [2.75, 3.05) is 13.7 Å². The van der Waals surface area contributed by atoms with Gasteiger partial charge in [0.25, 0.3) is 0 Å². The molecule has 202 valence electrons. The molecular formula is C29H36N4O5. The van der Waals surface area contributed by atoms with E-state index in [1.807, 2.05) is 72.8 Å². The van der Waals surface area contributed by atoms with Crippen molar-refractivity contribution < 1.29 is 24.2 Å². The van der Waals surface area contributed by atoms with Gasteiger partial charge in [0, 0.05) is 24.8 Å². The second kappa shape index (κ2) is 13.6. The van der Waals surface area contributed by atoms with E-state index in [9.17, 15) is 14.7 Å². The van der Waals surface area contributed by atoms with Crippen molar-refractivity contribution >= 4 is 12.2 Å². The minimum atomic E-state index is -1.05. The Hall–Kier alpha value is -3.95. The molecule has 0 saturated carbocycles. The molecule has 2 amide bonds. The lowest BCUT2D eigenvalue weighted by Gasteiger charge is -2.31. The summed E-state index contributed by atoms with van der Waals surface area (Å²) in [6, 6.07) is 22.3. The van der Waals surface area contributed by atoms with Crippen molar-refractivity contribution in [3.8, 4) is 11.3 Å². The first kappa shape index (κ1) is 28.6. The summed E-state index contributed by atoms with van der Waals surface area (Å²) in [6.45, 7) is 5.63. The molecule has 0 radical (unpaired) electrons. The molecule has 1 aromatic heterocycles. The first-order valence-corrected chi connectivity index (χ1v) is 12.4. The lowest BCUT2D eigenvalue weighted by atomic mass is 10.0. The Labute approximate surface area is 223 Å². The van der Waals surface area contributed by atoms with Gasteiger partial charge in [0.15, 0.2) is 0 Å². The van der Waals surface area contributed by atoms with Crippen LogP contribution in [-0.2, 0) is 22.4 Å². The summed E-state index contributed by atoms with van der Waals surface area (Å²) in [5, 5.41) is 15.6. The molecule has 0 bridgehead atoms. The molecule has 2 atom stereocenters. The van der Waals surface area contributed by atoms with Crippen molar-refractivity contribution in [2.45, 2.75) is 51.5 Å². The number of carbonyl (C=O) groups excluding carboxylic acids is 2. The Morgan fingerprint density at radius 3 is 2.24 bits per heavy atom. The normalized spacial score (nSPS) is 12.9. The topological polar surface area (TPSA) is 113 Å². The zero-order valence-electron chi connectivity index (χ0n) is 22.3. The van der Waals surface area contributed by atoms with Gasteiger partial charge in [0.2, 0.25) is 0 Å². The second-order valence-corrected chi connectivity index (χ2v) is 9.91. The van der Waals surface area contributed by atoms with Gasteiger partial charge in [-0.2, -0.15) is 0 Å². The average molecular weight is 521 g/mol. The van der Waals surface area contributed by atoms with Crippen molar-refractivity contribution in [3.05, 3.63) is 90.1 Å². The Morgan fingerprint density at radius 1 is 0.947 bits per heavy atom. The molecule has 0 aliphatic carbocycles. The molecule has 0 spiro atoms. The van der Waals surface area contributed by atoms with Crippen molar-refractivity contribution in [1.82, 2.24) is 20.7 Å². The highest BCUT2D eigenvalue weighted by Gasteiger charge is 2.27. The van der Waals surface area contributed by atoms with E-state index in [0.717, 1.165) is 22.4 Å². The lowest BCUT2D eigenvalue weighted by Crippen LogP contribution is -2.53. The van der Waals surface area contributed by atoms with Gasteiger partial charge in [-0.05, 0) is 50.5 Å². The number of alkyl carbamates (subject to hydrolysis) is 1. The van der Waals surface area contributed by atoms with Crippen LogP contribution in [0.1, 0.15) is 31.9 Å². The minimum absolute atomic E-state index is 0.0182. The number of aliphatic hydroxyl groups excluding tert-OH is 1. The van der Waals surface area contributed by atoms with E-state index < -0.39 is 29.9 Å². The SMILES string of the molecule is COC(=O)NN(Cc1ccc(-c2ccccn2)cc1)C[C@H](O)[C@H](Cc1ccccc1)NC(=O)OC(C)(C)C. The number of methoxy groups -OCH3 is 1. The number of nitrogens with one attached hydrogen (secondary N) is 2. The zero-order valence-corrected chi connectivity index (χ0v) is 22.3. The molecule has 3 rings (SSSR count). The van der Waals surface area contributed by atoms with E-state index >= 15 is 0 Å². The Kier molecular flexibility index (Phi) is 10.2. The maximum atomic E-state index is 12.6. The number of pyridine rings is 1. The molecule has 0 unspecified atom stereocenters. The number of aliphatic hydroxyl groups is 1. The monoisotopic (exact) mass is 520 g/mol. The van der Waals surface area contributed by atoms with Gasteiger partial charge >= 0.3 is 12.2 Å². The standard InChI is InChI=1S/C29H36N4O5/c1-29(2,3)38-27(35)31-25(18-21-10-6-5-7-11-21)26(34)20-33(32-28(36)37-4)19-22-13-15-23(16-14-22)24-12-8-9-17-30-24/h5-17,25-26,34H,18-20H2,1-4H3,(H,31,35)(H,32,36)/t25-,26-/m0/s1. The summed E-state index contributed by atoms with van der Waals surface area (Å²) in [4.78, 5) is 29.0. The number of benzene rings is 2. The number of hydrogen-bond donors (Lipinski definition) is 3. The summed E-state index contributed by atoms with van der Waals surface area (Å²) >= 11 is 0. The van der Waals surface area contributed by atoms with Gasteiger partial charge in [0.1, 0.15) is 5.60 Å². The van der Waals surface area contributed by atoms with Crippen LogP contribution < -0.4 is 10.7 Å². The Morgan fingerprint density at radius 2 is 1.63 bits per heavy atom. The third kappa shape index (κ3) is 9.49. The Bertz CT molecular complexity index is 1150. The molecule has 1 heterocycles. The fourth-order valence-corrected chi connectivity index (χ4v) is 3.82. The van der Waals surface area contributed by atoms with Crippen molar-refractivity contribution in [1.29, 1.82) is 0 Å². The van der Waals surface area contributed by atoms with E-state index in [4.69, 9.17) is 9.47 Å². The highest BCUT2D eigenvalue weighted by atomic mass is 16.6. The fraction of sp³-hybridized carbons (Fsp3) is 0.345. The van der Waals surface area contributed by atoms with Crippen LogP contribution in [0.4, 0.5) is 9.59 Å². The van der Waals surface area contributed by atoms with E-state index in [0.29, 0.717) is 13.0 Å². The smallest absolute Gasteiger partial charge is 0.421 e. The average Bonchev–Trinajstić information content (AvgIpc) is 2.88. The third-order valence-electron chi connectivity index (χ3n) is 5.60. The molecule has 0 aliphatic heterocycles. The van der Waals surface area contributed by atoms with Gasteiger partial charge in [0.05, 0.1) is 24.9 Å². The van der Waals surface area contributed by atoms with Crippen LogP contribution in [0.3, 0.4) is 0 Å². The summed E-state index contributed by atoms with van der Waals surface area (Å²) in [5.74, 6) is 0. The molecule has 3 N–H and O–H groups in total. The van der Waals surface area contributed by atoms with Crippen molar-refractivity contribution in [3.63, 3.8) is 0 Å². The summed E-state index contributed by atoms with van der Waals surface area (Å²) in [5.41, 5.74) is 5.62. The van der Waals surface area contributed by atoms with Crippen molar-refractivity contribution in [2.24, 2.45) is 0 Å². The number of hydrogen-bond acceptors (Lipinski definition) is 7. The fourth-order valence-electron chi connectivity index (χ4n) is 3.82. The predicted molar refractivity (Wildman–Crippen MR) is 145 cm³/mol. The van der Waals surface area contributed by atoms with Gasteiger partial charge in [-0.3, -0.25) is 10.4 Å². The molecule has 3 aromatic rings. The van der Waals surface area contributed by atoms with Crippen LogP contribution in [-0.4, -0.2) is 58.7 Å². The predicted octanol–water partition coefficient (Wildman–Crippen LogP) is 4.32. The van der Waals surface area contributed by atoms with Crippen LogP contribution in [0.2, 0.25) is 0 Å². The van der Waals surface area contributed by atoms with Crippen LogP contribution in [0.5, 0.6) is 0 Å². The van der Waals surface area contributed by atoms with E-state index in [2.05, 4.69) is 15.7 Å². The molecule has 0 aliphatic rings. The number of rotatable bonds is 10. The number of carbonyl (C=O) groups is 2. The second-order valence-electron chi connectivity index (χ2n) is 9.91. The van der Waals surface area contributed by atoms with Crippen LogP contribution in [0, 0.1) is 0 Å². The van der Waals surface area contributed by atoms with E-state index in [1.165, 1.54) is 7.11 Å². The first-order valence-electron chi connectivity index (χ1n) is 12.4. The van der Waals surface area contributed by atoms with Gasteiger partial charge in [-0.1, -0.05) is 60.7 Å². The number of nitrogens with zero attached hydrogens (tertiary/aromatic N) is 2. The summed E-state index contributed by atoms with van der Waals surface area (Å²) < 4.78 is 10.2.